The van der Waals surface area contributed by atoms with E-state index in [-0.39, 0.29) is 5.25 Å². The van der Waals surface area contributed by atoms with Gasteiger partial charge in [-0.2, -0.15) is 0 Å². The molecule has 1 aromatic rings. The molecule has 0 radical (unpaired) electrons. The largest absolute Gasteiger partial charge is 0.309 e. The van der Waals surface area contributed by atoms with E-state index in [1.807, 2.05) is 6.92 Å². The summed E-state index contributed by atoms with van der Waals surface area (Å²) >= 11 is 0. The van der Waals surface area contributed by atoms with Gasteiger partial charge in [-0.1, -0.05) is 12.1 Å². The Hall–Kier alpha value is -0.670. The van der Waals surface area contributed by atoms with Gasteiger partial charge in [0.15, 0.2) is 0 Å². The zero-order valence-electron chi connectivity index (χ0n) is 12.3. The van der Waals surface area contributed by atoms with E-state index in [4.69, 9.17) is 0 Å². The summed E-state index contributed by atoms with van der Waals surface area (Å²) < 4.78 is 11.3. The van der Waals surface area contributed by atoms with Gasteiger partial charge in [-0.3, -0.25) is 4.21 Å². The average molecular weight is 267 g/mol. The Morgan fingerprint density at radius 2 is 1.67 bits per heavy atom. The normalized spacial score (nSPS) is 16.3. The highest BCUT2D eigenvalue weighted by molar-refractivity contribution is 7.84. The molecule has 102 valence electrons. The molecule has 2 nitrogen and oxygen atoms in total. The van der Waals surface area contributed by atoms with Gasteiger partial charge in [0.05, 0.1) is 0 Å². The van der Waals surface area contributed by atoms with Crippen molar-refractivity contribution in [3.63, 3.8) is 0 Å². The summed E-state index contributed by atoms with van der Waals surface area (Å²) in [6.07, 6.45) is 1.76. The topological polar surface area (TPSA) is 29.1 Å². The summed E-state index contributed by atoms with van der Waals surface area (Å²) in [5, 5.41) is 3.67. The predicted molar refractivity (Wildman–Crippen MR) is 80.6 cm³/mol. The molecule has 0 aromatic heterocycles. The number of aryl methyl sites for hydroxylation is 3. The quantitative estimate of drug-likeness (QED) is 0.888. The van der Waals surface area contributed by atoms with Crippen LogP contribution < -0.4 is 5.32 Å². The average Bonchev–Trinajstić information content (AvgIpc) is 2.30. The van der Waals surface area contributed by atoms with Crippen molar-refractivity contribution in [1.82, 2.24) is 5.32 Å². The highest BCUT2D eigenvalue weighted by Crippen LogP contribution is 2.21. The maximum absolute atomic E-state index is 11.3. The Balaban J connectivity index is 2.75. The maximum Gasteiger partial charge on any atom is 0.0441 e. The fourth-order valence-corrected chi connectivity index (χ4v) is 2.35. The van der Waals surface area contributed by atoms with Crippen LogP contribution >= 0.6 is 0 Å². The molecule has 1 N–H and O–H groups in total. The monoisotopic (exact) mass is 267 g/mol. The Bertz CT molecular complexity index is 442. The summed E-state index contributed by atoms with van der Waals surface area (Å²) in [6.45, 7) is 11.4. The second-order valence-electron chi connectivity index (χ2n) is 5.23. The molecule has 0 saturated heterocycles. The van der Waals surface area contributed by atoms with Crippen LogP contribution in [0.4, 0.5) is 0 Å². The van der Waals surface area contributed by atoms with E-state index in [1.54, 1.807) is 6.26 Å². The van der Waals surface area contributed by atoms with Crippen molar-refractivity contribution < 1.29 is 4.21 Å². The van der Waals surface area contributed by atoms with Gasteiger partial charge in [0.25, 0.3) is 0 Å². The van der Waals surface area contributed by atoms with Gasteiger partial charge >= 0.3 is 0 Å². The Labute approximate surface area is 114 Å². The predicted octanol–water partition coefficient (Wildman–Crippen LogP) is 3.03. The Morgan fingerprint density at radius 1 is 1.11 bits per heavy atom. The zero-order chi connectivity index (χ0) is 13.9. The molecule has 0 aliphatic rings. The van der Waals surface area contributed by atoms with Crippen molar-refractivity contribution in [3.8, 4) is 0 Å². The Morgan fingerprint density at radius 3 is 2.22 bits per heavy atom. The van der Waals surface area contributed by atoms with Crippen molar-refractivity contribution in [2.24, 2.45) is 0 Å². The first kappa shape index (κ1) is 15.4. The van der Waals surface area contributed by atoms with Gasteiger partial charge < -0.3 is 5.32 Å². The summed E-state index contributed by atoms with van der Waals surface area (Å²) in [6, 6.07) is 4.80. The third kappa shape index (κ3) is 3.92. The fourth-order valence-electron chi connectivity index (χ4n) is 2.02. The molecule has 3 unspecified atom stereocenters. The second kappa shape index (κ2) is 6.48. The molecule has 0 aliphatic heterocycles. The summed E-state index contributed by atoms with van der Waals surface area (Å²) in [7, 11) is -0.759. The number of rotatable bonds is 5. The van der Waals surface area contributed by atoms with Gasteiger partial charge in [-0.15, -0.1) is 0 Å². The molecule has 1 rings (SSSR count). The summed E-state index contributed by atoms with van der Waals surface area (Å²) in [4.78, 5) is 0. The van der Waals surface area contributed by atoms with E-state index in [2.05, 4.69) is 45.1 Å². The molecule has 3 heteroatoms. The van der Waals surface area contributed by atoms with E-state index < -0.39 is 10.8 Å². The lowest BCUT2D eigenvalue weighted by Gasteiger charge is -2.20. The van der Waals surface area contributed by atoms with E-state index >= 15 is 0 Å². The minimum absolute atomic E-state index is 0.194. The third-order valence-electron chi connectivity index (χ3n) is 3.63. The van der Waals surface area contributed by atoms with E-state index in [9.17, 15) is 4.21 Å². The van der Waals surface area contributed by atoms with Crippen molar-refractivity contribution in [2.45, 2.75) is 45.9 Å². The van der Waals surface area contributed by atoms with Crippen LogP contribution in [0, 0.1) is 20.8 Å². The van der Waals surface area contributed by atoms with Crippen LogP contribution in [0.5, 0.6) is 0 Å². The van der Waals surface area contributed by atoms with E-state index in [1.165, 1.54) is 22.3 Å². The zero-order valence-corrected chi connectivity index (χ0v) is 13.1. The van der Waals surface area contributed by atoms with Gasteiger partial charge in [-0.05, 0) is 56.9 Å². The highest BCUT2D eigenvalue weighted by atomic mass is 32.2. The number of benzene rings is 1. The van der Waals surface area contributed by atoms with Gasteiger partial charge in [-0.25, -0.2) is 0 Å². The summed E-state index contributed by atoms with van der Waals surface area (Å²) in [5.41, 5.74) is 5.33. The first-order valence-electron chi connectivity index (χ1n) is 6.46. The second-order valence-corrected chi connectivity index (χ2v) is 7.03. The highest BCUT2D eigenvalue weighted by Gasteiger charge is 2.12. The van der Waals surface area contributed by atoms with Crippen molar-refractivity contribution in [3.05, 3.63) is 34.4 Å². The van der Waals surface area contributed by atoms with Crippen molar-refractivity contribution in [1.29, 1.82) is 0 Å². The standard InChI is InChI=1S/C15H25NOS/c1-10-7-12(3)15(8-11(10)2)14(5)16-9-13(4)18(6)17/h7-8,13-14,16H,9H2,1-6H3. The molecule has 0 amide bonds. The first-order chi connectivity index (χ1) is 8.32. The van der Waals surface area contributed by atoms with Crippen molar-refractivity contribution >= 4 is 10.8 Å². The van der Waals surface area contributed by atoms with Crippen LogP contribution in [0.2, 0.25) is 0 Å². The lowest BCUT2D eigenvalue weighted by molar-refractivity contribution is 0.566. The van der Waals surface area contributed by atoms with Crippen LogP contribution in [0.1, 0.15) is 42.1 Å². The van der Waals surface area contributed by atoms with Crippen molar-refractivity contribution in [2.75, 3.05) is 12.8 Å². The van der Waals surface area contributed by atoms with E-state index in [0.29, 0.717) is 6.04 Å². The molecule has 0 heterocycles. The van der Waals surface area contributed by atoms with Gasteiger partial charge in [0.2, 0.25) is 0 Å². The molecular weight excluding hydrogens is 242 g/mol. The van der Waals surface area contributed by atoms with Gasteiger partial charge in [0.1, 0.15) is 0 Å². The molecule has 0 saturated carbocycles. The number of hydrogen-bond donors (Lipinski definition) is 1. The molecular formula is C15H25NOS. The molecule has 18 heavy (non-hydrogen) atoms. The first-order valence-corrected chi connectivity index (χ1v) is 8.08. The Kier molecular flexibility index (Phi) is 5.54. The summed E-state index contributed by atoms with van der Waals surface area (Å²) in [5.74, 6) is 0. The molecule has 0 fully saturated rings. The van der Waals surface area contributed by atoms with Crippen LogP contribution in [0.3, 0.4) is 0 Å². The minimum atomic E-state index is -0.759. The lowest BCUT2D eigenvalue weighted by atomic mass is 9.96. The minimum Gasteiger partial charge on any atom is -0.309 e. The third-order valence-corrected chi connectivity index (χ3v) is 4.93. The fraction of sp³-hybridized carbons (Fsp3) is 0.600. The molecule has 0 bridgehead atoms. The van der Waals surface area contributed by atoms with Crippen LogP contribution in [0.25, 0.3) is 0 Å². The SMILES string of the molecule is Cc1cc(C)c(C(C)NCC(C)S(C)=O)cc1C. The molecule has 1 aromatic carbocycles. The van der Waals surface area contributed by atoms with Crippen LogP contribution in [0.15, 0.2) is 12.1 Å². The smallest absolute Gasteiger partial charge is 0.0441 e. The van der Waals surface area contributed by atoms with Gasteiger partial charge in [0, 0.05) is 34.9 Å². The maximum atomic E-state index is 11.3. The number of hydrogen-bond acceptors (Lipinski definition) is 2. The van der Waals surface area contributed by atoms with Crippen LogP contribution in [-0.2, 0) is 10.8 Å². The molecule has 0 aliphatic carbocycles. The number of nitrogens with one attached hydrogen (secondary N) is 1. The molecule has 0 spiro atoms. The lowest BCUT2D eigenvalue weighted by Crippen LogP contribution is -2.30. The molecule has 3 atom stereocenters. The van der Waals surface area contributed by atoms with Crippen LogP contribution in [-0.4, -0.2) is 22.3 Å². The van der Waals surface area contributed by atoms with E-state index in [0.717, 1.165) is 6.54 Å².